The quantitative estimate of drug-likeness (QED) is 0.113. The van der Waals surface area contributed by atoms with Gasteiger partial charge in [0.25, 0.3) is 0 Å². The predicted octanol–water partition coefficient (Wildman–Crippen LogP) is 7.43. The first-order valence-electron chi connectivity index (χ1n) is 13.6. The van der Waals surface area contributed by atoms with Crippen LogP contribution in [0.5, 0.6) is 0 Å². The van der Waals surface area contributed by atoms with Crippen LogP contribution in [0.3, 0.4) is 0 Å². The van der Waals surface area contributed by atoms with Crippen LogP contribution in [-0.4, -0.2) is 23.6 Å². The van der Waals surface area contributed by atoms with E-state index in [0.29, 0.717) is 37.5 Å². The Morgan fingerprint density at radius 2 is 1.32 bits per heavy atom. The number of benzene rings is 1. The van der Waals surface area contributed by atoms with Crippen molar-refractivity contribution >= 4 is 23.6 Å². The summed E-state index contributed by atoms with van der Waals surface area (Å²) in [6.45, 7) is 8.19. The Labute approximate surface area is 207 Å². The van der Waals surface area contributed by atoms with Crippen molar-refractivity contribution < 1.29 is 19.2 Å². The van der Waals surface area contributed by atoms with Crippen LogP contribution < -0.4 is 0 Å². The van der Waals surface area contributed by atoms with Gasteiger partial charge in [0.1, 0.15) is 12.1 Å². The minimum atomic E-state index is -1.94. The summed E-state index contributed by atoms with van der Waals surface area (Å²) >= 11 is 0. The van der Waals surface area contributed by atoms with Gasteiger partial charge in [0.15, 0.2) is 17.0 Å². The molecule has 0 fully saturated rings. The molecule has 1 aromatic rings. The zero-order chi connectivity index (χ0) is 25.4. The van der Waals surface area contributed by atoms with Gasteiger partial charge < -0.3 is 4.79 Å². The maximum Gasteiger partial charge on any atom is 0.157 e. The number of rotatable bonds is 20. The van der Waals surface area contributed by atoms with E-state index in [4.69, 9.17) is 0 Å². The molecule has 4 heteroatoms. The van der Waals surface area contributed by atoms with Crippen molar-refractivity contribution in [3.8, 4) is 0 Å². The van der Waals surface area contributed by atoms with Gasteiger partial charge in [-0.15, -0.1) is 0 Å². The highest BCUT2D eigenvalue weighted by atomic mass is 16.2. The van der Waals surface area contributed by atoms with Crippen molar-refractivity contribution in [2.24, 2.45) is 11.3 Å². The Bertz CT molecular complexity index is 748. The number of unbranched alkanes of at least 4 members (excludes halogenated alkanes) is 5. The second-order valence-corrected chi connectivity index (χ2v) is 9.63. The van der Waals surface area contributed by atoms with E-state index < -0.39 is 17.3 Å². The Morgan fingerprint density at radius 3 is 1.85 bits per heavy atom. The van der Waals surface area contributed by atoms with Crippen molar-refractivity contribution in [1.29, 1.82) is 0 Å². The Morgan fingerprint density at radius 1 is 0.765 bits per heavy atom. The van der Waals surface area contributed by atoms with Crippen LogP contribution in [0.1, 0.15) is 123 Å². The molecule has 0 spiro atoms. The van der Waals surface area contributed by atoms with Crippen LogP contribution in [0.4, 0.5) is 0 Å². The monoisotopic (exact) mass is 470 g/mol. The van der Waals surface area contributed by atoms with Crippen LogP contribution in [0.15, 0.2) is 30.3 Å². The smallest absolute Gasteiger partial charge is 0.157 e. The fraction of sp³-hybridized carbons (Fsp3) is 0.667. The van der Waals surface area contributed by atoms with E-state index in [-0.39, 0.29) is 30.2 Å². The topological polar surface area (TPSA) is 68.3 Å². The minimum Gasteiger partial charge on any atom is -0.302 e. The van der Waals surface area contributed by atoms with Crippen molar-refractivity contribution in [2.75, 3.05) is 0 Å². The number of ketones is 3. The van der Waals surface area contributed by atoms with E-state index in [1.807, 2.05) is 32.0 Å². The third-order valence-electron chi connectivity index (χ3n) is 6.89. The van der Waals surface area contributed by atoms with Gasteiger partial charge in [-0.25, -0.2) is 0 Å². The zero-order valence-corrected chi connectivity index (χ0v) is 21.9. The highest BCUT2D eigenvalue weighted by Gasteiger charge is 2.55. The molecule has 2 unspecified atom stereocenters. The SMILES string of the molecule is CCCCCCC(=O)C(C=O)(C(=O)C(CCC)CCC)C(C(=O)CCCCC)c1ccccc1. The maximum absolute atomic E-state index is 14.2. The summed E-state index contributed by atoms with van der Waals surface area (Å²) in [5.74, 6) is -2.34. The van der Waals surface area contributed by atoms with Gasteiger partial charge in [-0.2, -0.15) is 0 Å². The lowest BCUT2D eigenvalue weighted by Crippen LogP contribution is -2.51. The molecule has 0 amide bonds. The molecule has 4 nitrogen and oxygen atoms in total. The molecular formula is C30H46O4. The van der Waals surface area contributed by atoms with Crippen LogP contribution in [-0.2, 0) is 19.2 Å². The fourth-order valence-electron chi connectivity index (χ4n) is 5.03. The standard InChI is InChI=1S/C30H46O4/c1-5-9-11-16-22-27(33)30(23-31,29(34)25(17-7-3)18-8-4)28(24-19-14-12-15-20-24)26(32)21-13-10-6-2/h12,14-15,19-20,23,25,28H,5-11,13,16-18,21-22H2,1-4H3. The molecule has 0 aliphatic heterocycles. The van der Waals surface area contributed by atoms with Crippen LogP contribution in [0.25, 0.3) is 0 Å². The molecule has 0 aliphatic carbocycles. The summed E-state index contributed by atoms with van der Waals surface area (Å²) in [6, 6.07) is 9.03. The van der Waals surface area contributed by atoms with Crippen molar-refractivity contribution in [1.82, 2.24) is 0 Å². The summed E-state index contributed by atoms with van der Waals surface area (Å²) in [5, 5.41) is 0. The molecule has 34 heavy (non-hydrogen) atoms. The summed E-state index contributed by atoms with van der Waals surface area (Å²) in [5.41, 5.74) is -1.34. The molecule has 0 heterocycles. The van der Waals surface area contributed by atoms with Gasteiger partial charge in [0, 0.05) is 18.8 Å². The summed E-state index contributed by atoms with van der Waals surface area (Å²) in [4.78, 5) is 54.7. The fourth-order valence-corrected chi connectivity index (χ4v) is 5.03. The van der Waals surface area contributed by atoms with Gasteiger partial charge in [-0.05, 0) is 31.2 Å². The zero-order valence-electron chi connectivity index (χ0n) is 21.9. The van der Waals surface area contributed by atoms with E-state index in [2.05, 4.69) is 13.8 Å². The number of hydrogen-bond acceptors (Lipinski definition) is 4. The van der Waals surface area contributed by atoms with E-state index in [9.17, 15) is 19.2 Å². The first-order chi connectivity index (χ1) is 16.4. The average Bonchev–Trinajstić information content (AvgIpc) is 2.85. The van der Waals surface area contributed by atoms with Gasteiger partial charge in [0.05, 0.1) is 5.92 Å². The van der Waals surface area contributed by atoms with Gasteiger partial charge in [-0.3, -0.25) is 14.4 Å². The molecule has 0 N–H and O–H groups in total. The number of carbonyl (C=O) groups is 4. The lowest BCUT2D eigenvalue weighted by Gasteiger charge is -2.36. The van der Waals surface area contributed by atoms with Crippen LogP contribution >= 0.6 is 0 Å². The molecule has 0 saturated heterocycles. The molecule has 1 aromatic carbocycles. The van der Waals surface area contributed by atoms with Crippen LogP contribution in [0, 0.1) is 11.3 Å². The Kier molecular flexibility index (Phi) is 14.5. The molecule has 0 aliphatic rings. The van der Waals surface area contributed by atoms with Crippen molar-refractivity contribution in [3.63, 3.8) is 0 Å². The van der Waals surface area contributed by atoms with E-state index >= 15 is 0 Å². The third-order valence-corrected chi connectivity index (χ3v) is 6.89. The normalized spacial score (nSPS) is 13.9. The number of aldehydes is 1. The maximum atomic E-state index is 14.2. The second-order valence-electron chi connectivity index (χ2n) is 9.63. The summed E-state index contributed by atoms with van der Waals surface area (Å²) in [6.07, 6.45) is 9.89. The molecular weight excluding hydrogens is 424 g/mol. The summed E-state index contributed by atoms with van der Waals surface area (Å²) in [7, 11) is 0. The predicted molar refractivity (Wildman–Crippen MR) is 139 cm³/mol. The highest BCUT2D eigenvalue weighted by Crippen LogP contribution is 2.43. The number of Topliss-reactive ketones (excluding diaryl/α,β-unsaturated/α-hetero) is 3. The molecule has 2 atom stereocenters. The first kappa shape index (κ1) is 29.9. The van der Waals surface area contributed by atoms with Gasteiger partial charge >= 0.3 is 0 Å². The number of carbonyl (C=O) groups excluding carboxylic acids is 4. The first-order valence-corrected chi connectivity index (χ1v) is 13.6. The van der Waals surface area contributed by atoms with Crippen LogP contribution in [0.2, 0.25) is 0 Å². The minimum absolute atomic E-state index is 0.154. The second kappa shape index (κ2) is 16.5. The van der Waals surface area contributed by atoms with E-state index in [1.165, 1.54) is 0 Å². The van der Waals surface area contributed by atoms with E-state index in [0.717, 1.165) is 44.9 Å². The number of hydrogen-bond donors (Lipinski definition) is 0. The molecule has 0 bridgehead atoms. The molecule has 0 radical (unpaired) electrons. The Balaban J connectivity index is 3.62. The molecule has 0 saturated carbocycles. The van der Waals surface area contributed by atoms with E-state index in [1.54, 1.807) is 12.1 Å². The molecule has 190 valence electrons. The molecule has 0 aromatic heterocycles. The lowest BCUT2D eigenvalue weighted by molar-refractivity contribution is -0.152. The highest BCUT2D eigenvalue weighted by molar-refractivity contribution is 6.23. The van der Waals surface area contributed by atoms with Crippen molar-refractivity contribution in [2.45, 2.75) is 117 Å². The average molecular weight is 471 g/mol. The van der Waals surface area contributed by atoms with Gasteiger partial charge in [-0.1, -0.05) is 103 Å². The largest absolute Gasteiger partial charge is 0.302 e. The Hall–Kier alpha value is -2.10. The van der Waals surface area contributed by atoms with Gasteiger partial charge in [0.2, 0.25) is 0 Å². The summed E-state index contributed by atoms with van der Waals surface area (Å²) < 4.78 is 0. The van der Waals surface area contributed by atoms with Crippen molar-refractivity contribution in [3.05, 3.63) is 35.9 Å². The lowest BCUT2D eigenvalue weighted by atomic mass is 9.61. The molecule has 1 rings (SSSR count). The third kappa shape index (κ3) is 7.99.